The Morgan fingerprint density at radius 1 is 1.33 bits per heavy atom. The van der Waals surface area contributed by atoms with E-state index in [9.17, 15) is 0 Å². The molecule has 0 aromatic heterocycles. The van der Waals surface area contributed by atoms with Gasteiger partial charge >= 0.3 is 0 Å². The molecule has 0 rings (SSSR count). The van der Waals surface area contributed by atoms with Crippen molar-refractivity contribution in [2.75, 3.05) is 0 Å². The van der Waals surface area contributed by atoms with Gasteiger partial charge in [-0.2, -0.15) is 0 Å². The first-order valence-corrected chi connectivity index (χ1v) is 4.13. The van der Waals surface area contributed by atoms with Gasteiger partial charge in [0.1, 0.15) is 6.23 Å². The Bertz CT molecular complexity index is 97.7. The summed E-state index contributed by atoms with van der Waals surface area (Å²) in [5, 5.41) is 17.1. The maximum absolute atomic E-state index is 8.97. The lowest BCUT2D eigenvalue weighted by atomic mass is 10.0. The Kier molecular flexibility index (Phi) is 7.62. The van der Waals surface area contributed by atoms with Crippen molar-refractivity contribution in [2.45, 2.75) is 52.0 Å². The van der Waals surface area contributed by atoms with Crippen molar-refractivity contribution < 1.29 is 10.2 Å². The lowest BCUT2D eigenvalue weighted by Crippen LogP contribution is -2.40. The van der Waals surface area contributed by atoms with E-state index in [0.717, 1.165) is 0 Å². The van der Waals surface area contributed by atoms with E-state index in [-0.39, 0.29) is 6.04 Å². The second-order valence-electron chi connectivity index (χ2n) is 3.42. The Labute approximate surface area is 74.6 Å². The number of hydrogen-bond acceptors (Lipinski definition) is 4. The highest BCUT2D eigenvalue weighted by atomic mass is 16.3. The zero-order chi connectivity index (χ0) is 10.4. The molecule has 76 valence electrons. The Hall–Kier alpha value is -0.160. The molecule has 4 nitrogen and oxygen atoms in total. The molecule has 0 aliphatic heterocycles. The molecule has 2 unspecified atom stereocenters. The van der Waals surface area contributed by atoms with Crippen LogP contribution in [-0.4, -0.2) is 28.1 Å². The summed E-state index contributed by atoms with van der Waals surface area (Å²) in [7, 11) is 0. The average molecular weight is 178 g/mol. The van der Waals surface area contributed by atoms with Gasteiger partial charge in [0.05, 0.1) is 5.60 Å². The second-order valence-corrected chi connectivity index (χ2v) is 3.42. The van der Waals surface area contributed by atoms with Crippen LogP contribution in [0.15, 0.2) is 0 Å². The smallest absolute Gasteiger partial charge is 0.102 e. The van der Waals surface area contributed by atoms with Gasteiger partial charge in [0.25, 0.3) is 0 Å². The van der Waals surface area contributed by atoms with Crippen molar-refractivity contribution in [3.63, 3.8) is 0 Å². The van der Waals surface area contributed by atoms with E-state index in [1.165, 1.54) is 0 Å². The van der Waals surface area contributed by atoms with Crippen LogP contribution < -0.4 is 11.5 Å². The fourth-order valence-corrected chi connectivity index (χ4v) is 0. The Morgan fingerprint density at radius 3 is 1.50 bits per heavy atom. The predicted octanol–water partition coefficient (Wildman–Crippen LogP) is -0.222. The minimum atomic E-state index is -0.722. The fourth-order valence-electron chi connectivity index (χ4n) is 0. The highest BCUT2D eigenvalue weighted by Crippen LogP contribution is 2.03. The summed E-state index contributed by atoms with van der Waals surface area (Å²) >= 11 is 0. The monoisotopic (exact) mass is 178 g/mol. The van der Waals surface area contributed by atoms with Crippen molar-refractivity contribution >= 4 is 0 Å². The number of aliphatic hydroxyl groups is 2. The number of aliphatic hydroxyl groups excluding tert-OH is 1. The van der Waals surface area contributed by atoms with Gasteiger partial charge in [-0.15, -0.1) is 0 Å². The van der Waals surface area contributed by atoms with E-state index in [0.29, 0.717) is 6.42 Å². The minimum Gasteiger partial charge on any atom is -0.389 e. The molecule has 0 saturated heterocycles. The second kappa shape index (κ2) is 6.37. The van der Waals surface area contributed by atoms with Gasteiger partial charge in [-0.1, -0.05) is 6.92 Å². The van der Waals surface area contributed by atoms with Gasteiger partial charge in [-0.05, 0) is 27.2 Å². The SMILES string of the molecule is CC(N)C(C)(C)O.CCC(N)O. The Balaban J connectivity index is 0. The van der Waals surface area contributed by atoms with Crippen LogP contribution in [0.2, 0.25) is 0 Å². The minimum absolute atomic E-state index is 0.146. The van der Waals surface area contributed by atoms with E-state index in [4.69, 9.17) is 21.7 Å². The standard InChI is InChI=1S/C5H13NO.C3H9NO/c1-4(6)5(2,3)7;1-2-3(4)5/h4,7H,6H2,1-3H3;3,5H,2,4H2,1H3. The summed E-state index contributed by atoms with van der Waals surface area (Å²) < 4.78 is 0. The summed E-state index contributed by atoms with van der Waals surface area (Å²) in [6.07, 6.45) is 0.0231. The van der Waals surface area contributed by atoms with Gasteiger partial charge < -0.3 is 21.7 Å². The highest BCUT2D eigenvalue weighted by molar-refractivity contribution is 4.74. The molecule has 0 aliphatic rings. The molecule has 0 aromatic carbocycles. The molecular formula is C8H22N2O2. The number of rotatable bonds is 2. The molecule has 4 heteroatoms. The van der Waals surface area contributed by atoms with Crippen molar-refractivity contribution in [1.29, 1.82) is 0 Å². The van der Waals surface area contributed by atoms with E-state index in [2.05, 4.69) is 0 Å². The molecule has 2 atom stereocenters. The topological polar surface area (TPSA) is 92.5 Å². The van der Waals surface area contributed by atoms with Crippen molar-refractivity contribution in [3.05, 3.63) is 0 Å². The van der Waals surface area contributed by atoms with Gasteiger partial charge in [0.15, 0.2) is 0 Å². The third kappa shape index (κ3) is 12.5. The van der Waals surface area contributed by atoms with Crippen LogP contribution in [0.25, 0.3) is 0 Å². The van der Waals surface area contributed by atoms with Crippen LogP contribution in [-0.2, 0) is 0 Å². The quantitative estimate of drug-likeness (QED) is 0.440. The summed E-state index contributed by atoms with van der Waals surface area (Å²) in [6, 6.07) is -0.146. The summed E-state index contributed by atoms with van der Waals surface area (Å²) in [4.78, 5) is 0. The average Bonchev–Trinajstić information content (AvgIpc) is 1.87. The maximum atomic E-state index is 8.97. The normalized spacial score (nSPS) is 16.0. The van der Waals surface area contributed by atoms with E-state index < -0.39 is 11.8 Å². The third-order valence-electron chi connectivity index (χ3n) is 1.53. The fraction of sp³-hybridized carbons (Fsp3) is 1.00. The summed E-state index contributed by atoms with van der Waals surface area (Å²) in [5.41, 5.74) is 9.44. The summed E-state index contributed by atoms with van der Waals surface area (Å²) in [5.74, 6) is 0. The van der Waals surface area contributed by atoms with Crippen LogP contribution in [0.3, 0.4) is 0 Å². The predicted molar refractivity (Wildman–Crippen MR) is 50.4 cm³/mol. The first kappa shape index (κ1) is 14.4. The molecule has 0 saturated carbocycles. The molecule has 0 aliphatic carbocycles. The van der Waals surface area contributed by atoms with Crippen LogP contribution in [0, 0.1) is 0 Å². The Morgan fingerprint density at radius 2 is 1.50 bits per heavy atom. The van der Waals surface area contributed by atoms with Gasteiger partial charge in [0.2, 0.25) is 0 Å². The first-order valence-electron chi connectivity index (χ1n) is 4.13. The lowest BCUT2D eigenvalue weighted by molar-refractivity contribution is 0.0582. The molecule has 0 spiro atoms. The molecule has 0 heterocycles. The molecule has 0 amide bonds. The zero-order valence-electron chi connectivity index (χ0n) is 8.41. The molecule has 0 bridgehead atoms. The van der Waals surface area contributed by atoms with Crippen LogP contribution in [0.1, 0.15) is 34.1 Å². The largest absolute Gasteiger partial charge is 0.389 e. The summed E-state index contributed by atoms with van der Waals surface area (Å²) in [6.45, 7) is 6.99. The molecular weight excluding hydrogens is 156 g/mol. The number of nitrogens with two attached hydrogens (primary N) is 2. The maximum Gasteiger partial charge on any atom is 0.102 e. The molecule has 12 heavy (non-hydrogen) atoms. The van der Waals surface area contributed by atoms with Crippen LogP contribution >= 0.6 is 0 Å². The van der Waals surface area contributed by atoms with Gasteiger partial charge in [0, 0.05) is 6.04 Å². The molecule has 0 radical (unpaired) electrons. The first-order chi connectivity index (χ1) is 5.21. The van der Waals surface area contributed by atoms with Gasteiger partial charge in [-0.3, -0.25) is 0 Å². The molecule has 0 aromatic rings. The molecule has 0 fully saturated rings. The lowest BCUT2D eigenvalue weighted by Gasteiger charge is -2.20. The zero-order valence-corrected chi connectivity index (χ0v) is 8.41. The van der Waals surface area contributed by atoms with Gasteiger partial charge in [-0.25, -0.2) is 0 Å². The van der Waals surface area contributed by atoms with Crippen molar-refractivity contribution in [2.24, 2.45) is 11.5 Å². The van der Waals surface area contributed by atoms with Crippen LogP contribution in [0.4, 0.5) is 0 Å². The molecule has 6 N–H and O–H groups in total. The van der Waals surface area contributed by atoms with E-state index in [1.807, 2.05) is 6.92 Å². The van der Waals surface area contributed by atoms with Crippen LogP contribution in [0.5, 0.6) is 0 Å². The number of hydrogen-bond donors (Lipinski definition) is 4. The van der Waals surface area contributed by atoms with Crippen molar-refractivity contribution in [3.8, 4) is 0 Å². The van der Waals surface area contributed by atoms with E-state index in [1.54, 1.807) is 20.8 Å². The van der Waals surface area contributed by atoms with Crippen molar-refractivity contribution in [1.82, 2.24) is 0 Å². The third-order valence-corrected chi connectivity index (χ3v) is 1.53. The highest BCUT2D eigenvalue weighted by Gasteiger charge is 2.16. The van der Waals surface area contributed by atoms with E-state index >= 15 is 0 Å².